The van der Waals surface area contributed by atoms with E-state index in [0.717, 1.165) is 25.7 Å². The number of nitrogens with one attached hydrogen (secondary N) is 1. The zero-order chi connectivity index (χ0) is 13.8. The van der Waals surface area contributed by atoms with Gasteiger partial charge in [-0.05, 0) is 54.1 Å². The summed E-state index contributed by atoms with van der Waals surface area (Å²) in [5, 5.41) is 7.46. The minimum Gasteiger partial charge on any atom is -0.381 e. The molecule has 1 aliphatic heterocycles. The van der Waals surface area contributed by atoms with Gasteiger partial charge in [0.1, 0.15) is 0 Å². The normalized spacial score (nSPS) is 18.4. The molecule has 1 aromatic carbocycles. The van der Waals surface area contributed by atoms with Gasteiger partial charge in [0.25, 0.3) is 0 Å². The van der Waals surface area contributed by atoms with Crippen molar-refractivity contribution in [2.45, 2.75) is 32.2 Å². The first-order chi connectivity index (χ1) is 9.88. The Balaban J connectivity index is 1.81. The largest absolute Gasteiger partial charge is 0.381 e. The Morgan fingerprint density at radius 3 is 2.90 bits per heavy atom. The highest BCUT2D eigenvalue weighted by Crippen LogP contribution is 2.34. The Morgan fingerprint density at radius 1 is 1.30 bits per heavy atom. The van der Waals surface area contributed by atoms with Crippen LogP contribution in [0, 0.1) is 5.92 Å². The molecule has 3 rings (SSSR count). The lowest BCUT2D eigenvalue weighted by atomic mass is 9.89. The van der Waals surface area contributed by atoms with Gasteiger partial charge in [0, 0.05) is 24.0 Å². The summed E-state index contributed by atoms with van der Waals surface area (Å²) in [4.78, 5) is 0. The number of fused-ring (bicyclic) bond motifs is 1. The summed E-state index contributed by atoms with van der Waals surface area (Å²) in [6.45, 7) is 5.10. The molecule has 0 spiro atoms. The first kappa shape index (κ1) is 14.1. The molecule has 2 heterocycles. The lowest BCUT2D eigenvalue weighted by molar-refractivity contribution is 0.0606. The SMILES string of the molecule is CCNC(CC1CCOCC1)c1csc2ccccc12. The summed E-state index contributed by atoms with van der Waals surface area (Å²) < 4.78 is 6.88. The van der Waals surface area contributed by atoms with Crippen molar-refractivity contribution >= 4 is 21.4 Å². The van der Waals surface area contributed by atoms with Gasteiger partial charge < -0.3 is 10.1 Å². The summed E-state index contributed by atoms with van der Waals surface area (Å²) >= 11 is 1.87. The molecule has 0 amide bonds. The Kier molecular flexibility index (Phi) is 4.71. The van der Waals surface area contributed by atoms with E-state index in [1.54, 1.807) is 0 Å². The van der Waals surface area contributed by atoms with Crippen LogP contribution in [0.15, 0.2) is 29.6 Å². The average molecular weight is 289 g/mol. The van der Waals surface area contributed by atoms with Gasteiger partial charge in [-0.3, -0.25) is 0 Å². The molecular weight excluding hydrogens is 266 g/mol. The molecule has 2 aromatic rings. The van der Waals surface area contributed by atoms with Gasteiger partial charge in [-0.1, -0.05) is 25.1 Å². The van der Waals surface area contributed by atoms with Crippen molar-refractivity contribution in [1.29, 1.82) is 0 Å². The standard InChI is InChI=1S/C17H23NOS/c1-2-18-16(11-13-7-9-19-10-8-13)15-12-20-17-6-4-3-5-14(15)17/h3-6,12-13,16,18H,2,7-11H2,1H3. The molecule has 1 saturated heterocycles. The molecule has 1 unspecified atom stereocenters. The molecule has 1 fully saturated rings. The van der Waals surface area contributed by atoms with E-state index in [1.165, 1.54) is 34.9 Å². The summed E-state index contributed by atoms with van der Waals surface area (Å²) in [6.07, 6.45) is 3.66. The number of benzene rings is 1. The van der Waals surface area contributed by atoms with Crippen LogP contribution < -0.4 is 5.32 Å². The van der Waals surface area contributed by atoms with Crippen LogP contribution in [0.2, 0.25) is 0 Å². The van der Waals surface area contributed by atoms with Gasteiger partial charge in [-0.2, -0.15) is 0 Å². The molecule has 1 atom stereocenters. The highest BCUT2D eigenvalue weighted by atomic mass is 32.1. The van der Waals surface area contributed by atoms with Gasteiger partial charge >= 0.3 is 0 Å². The fourth-order valence-electron chi connectivity index (χ4n) is 3.15. The monoisotopic (exact) mass is 289 g/mol. The molecule has 2 nitrogen and oxygen atoms in total. The number of thiophene rings is 1. The van der Waals surface area contributed by atoms with E-state index in [9.17, 15) is 0 Å². The van der Waals surface area contributed by atoms with Crippen LogP contribution in [0.5, 0.6) is 0 Å². The average Bonchev–Trinajstić information content (AvgIpc) is 2.92. The van der Waals surface area contributed by atoms with Crippen molar-refractivity contribution in [1.82, 2.24) is 5.32 Å². The topological polar surface area (TPSA) is 21.3 Å². The zero-order valence-electron chi connectivity index (χ0n) is 12.1. The maximum Gasteiger partial charge on any atom is 0.0468 e. The highest BCUT2D eigenvalue weighted by Gasteiger charge is 2.21. The highest BCUT2D eigenvalue weighted by molar-refractivity contribution is 7.17. The molecule has 1 aromatic heterocycles. The smallest absolute Gasteiger partial charge is 0.0468 e. The van der Waals surface area contributed by atoms with Crippen molar-refractivity contribution in [3.63, 3.8) is 0 Å². The third kappa shape index (κ3) is 3.05. The molecule has 0 bridgehead atoms. The Labute approximate surface area is 125 Å². The molecule has 1 N–H and O–H groups in total. The van der Waals surface area contributed by atoms with E-state index in [-0.39, 0.29) is 0 Å². The first-order valence-electron chi connectivity index (χ1n) is 7.65. The molecule has 0 saturated carbocycles. The molecular formula is C17H23NOS. The predicted molar refractivity (Wildman–Crippen MR) is 86.4 cm³/mol. The van der Waals surface area contributed by atoms with Crippen molar-refractivity contribution in [3.8, 4) is 0 Å². The van der Waals surface area contributed by atoms with Crippen LogP contribution >= 0.6 is 11.3 Å². The van der Waals surface area contributed by atoms with Crippen molar-refractivity contribution < 1.29 is 4.74 Å². The van der Waals surface area contributed by atoms with Gasteiger partial charge in [-0.15, -0.1) is 11.3 Å². The van der Waals surface area contributed by atoms with Crippen LogP contribution in [0.3, 0.4) is 0 Å². The fraction of sp³-hybridized carbons (Fsp3) is 0.529. The van der Waals surface area contributed by atoms with Crippen LogP contribution in [-0.4, -0.2) is 19.8 Å². The molecule has 3 heteroatoms. The van der Waals surface area contributed by atoms with E-state index < -0.39 is 0 Å². The fourth-order valence-corrected chi connectivity index (χ4v) is 4.17. The maximum atomic E-state index is 5.48. The van der Waals surface area contributed by atoms with E-state index in [2.05, 4.69) is 41.9 Å². The number of ether oxygens (including phenoxy) is 1. The molecule has 0 radical (unpaired) electrons. The lowest BCUT2D eigenvalue weighted by Crippen LogP contribution is -2.26. The van der Waals surface area contributed by atoms with E-state index in [4.69, 9.17) is 4.74 Å². The quantitative estimate of drug-likeness (QED) is 0.882. The van der Waals surface area contributed by atoms with Gasteiger partial charge in [0.05, 0.1) is 0 Å². The van der Waals surface area contributed by atoms with Crippen molar-refractivity contribution in [3.05, 3.63) is 35.2 Å². The van der Waals surface area contributed by atoms with Gasteiger partial charge in [0.2, 0.25) is 0 Å². The van der Waals surface area contributed by atoms with E-state index in [0.29, 0.717) is 6.04 Å². The second-order valence-electron chi connectivity index (χ2n) is 5.59. The summed E-state index contributed by atoms with van der Waals surface area (Å²) in [5.41, 5.74) is 1.49. The maximum absolute atomic E-state index is 5.48. The summed E-state index contributed by atoms with van der Waals surface area (Å²) in [5.74, 6) is 0.798. The lowest BCUT2D eigenvalue weighted by Gasteiger charge is -2.27. The van der Waals surface area contributed by atoms with Crippen LogP contribution in [0.25, 0.3) is 10.1 Å². The van der Waals surface area contributed by atoms with Crippen LogP contribution in [-0.2, 0) is 4.74 Å². The van der Waals surface area contributed by atoms with Crippen molar-refractivity contribution in [2.24, 2.45) is 5.92 Å². The number of hydrogen-bond donors (Lipinski definition) is 1. The Hall–Kier alpha value is -0.900. The third-order valence-corrected chi connectivity index (χ3v) is 5.23. The summed E-state index contributed by atoms with van der Waals surface area (Å²) in [7, 11) is 0. The van der Waals surface area contributed by atoms with Gasteiger partial charge in [-0.25, -0.2) is 0 Å². The number of rotatable bonds is 5. The second kappa shape index (κ2) is 6.70. The molecule has 0 aliphatic carbocycles. The first-order valence-corrected chi connectivity index (χ1v) is 8.53. The molecule has 1 aliphatic rings. The zero-order valence-corrected chi connectivity index (χ0v) is 12.9. The van der Waals surface area contributed by atoms with Crippen LogP contribution in [0.1, 0.15) is 37.8 Å². The van der Waals surface area contributed by atoms with Crippen molar-refractivity contribution in [2.75, 3.05) is 19.8 Å². The third-order valence-electron chi connectivity index (χ3n) is 4.25. The Bertz CT molecular complexity index is 545. The molecule has 108 valence electrons. The van der Waals surface area contributed by atoms with E-state index in [1.807, 2.05) is 11.3 Å². The van der Waals surface area contributed by atoms with E-state index >= 15 is 0 Å². The van der Waals surface area contributed by atoms with Crippen LogP contribution in [0.4, 0.5) is 0 Å². The number of hydrogen-bond acceptors (Lipinski definition) is 3. The van der Waals surface area contributed by atoms with Gasteiger partial charge in [0.15, 0.2) is 0 Å². The molecule has 20 heavy (non-hydrogen) atoms. The minimum atomic E-state index is 0.485. The minimum absolute atomic E-state index is 0.485. The summed E-state index contributed by atoms with van der Waals surface area (Å²) in [6, 6.07) is 9.25. The Morgan fingerprint density at radius 2 is 2.10 bits per heavy atom. The second-order valence-corrected chi connectivity index (χ2v) is 6.50. The predicted octanol–water partition coefficient (Wildman–Crippen LogP) is 4.37.